The molecule has 380 valence electrons. The molecule has 2 unspecified atom stereocenters. The maximum Gasteiger partial charge on any atom is 0.408 e. The highest BCUT2D eigenvalue weighted by Crippen LogP contribution is 2.44. The zero-order chi connectivity index (χ0) is 50.7. The van der Waals surface area contributed by atoms with Crippen molar-refractivity contribution in [2.45, 2.75) is 136 Å². The number of benzene rings is 2. The Labute approximate surface area is 408 Å². The lowest BCUT2D eigenvalue weighted by Gasteiger charge is -2.45. The number of amides is 2. The van der Waals surface area contributed by atoms with Crippen molar-refractivity contribution >= 4 is 40.5 Å². The Morgan fingerprint density at radius 3 is 2.40 bits per heavy atom. The Morgan fingerprint density at radius 1 is 0.943 bits per heavy atom. The van der Waals surface area contributed by atoms with Crippen LogP contribution in [0.4, 0.5) is 23.7 Å². The number of fused-ring (bicyclic) bond motifs is 2. The number of piperazine rings is 1. The topological polar surface area (TPSA) is 168 Å². The number of hydrogen-bond donors (Lipinski definition) is 3. The molecule has 0 aliphatic carbocycles. The van der Waals surface area contributed by atoms with E-state index in [9.17, 15) is 24.3 Å². The monoisotopic (exact) mass is 976 g/mol. The number of halogens is 3. The summed E-state index contributed by atoms with van der Waals surface area (Å²) in [6.45, 7) is 14.5. The third-order valence-electron chi connectivity index (χ3n) is 13.4. The van der Waals surface area contributed by atoms with E-state index < -0.39 is 65.9 Å². The molecule has 3 aliphatic rings. The second kappa shape index (κ2) is 21.3. The highest BCUT2D eigenvalue weighted by molar-refractivity contribution is 5.96. The van der Waals surface area contributed by atoms with Gasteiger partial charge in [0.1, 0.15) is 24.2 Å². The fourth-order valence-electron chi connectivity index (χ4n) is 9.99. The highest BCUT2D eigenvalue weighted by atomic mass is 19.4. The average Bonchev–Trinajstić information content (AvgIpc) is 3.58. The van der Waals surface area contributed by atoms with Crippen LogP contribution in [0.3, 0.4) is 0 Å². The Hall–Kier alpha value is -5.72. The fraction of sp³-hybridized carbons (Fsp3) is 0.558. The molecule has 3 aliphatic heterocycles. The number of carboxylic acid groups (broad SMARTS) is 1. The molecule has 3 fully saturated rings. The van der Waals surface area contributed by atoms with Gasteiger partial charge in [-0.05, 0) is 107 Å². The van der Waals surface area contributed by atoms with Crippen LogP contribution in [0.5, 0.6) is 0 Å². The second-order valence-corrected chi connectivity index (χ2v) is 20.8. The molecular weight excluding hydrogens is 908 g/mol. The molecule has 0 radical (unpaired) electrons. The van der Waals surface area contributed by atoms with E-state index >= 15 is 13.2 Å². The molecule has 2 aromatic carbocycles. The van der Waals surface area contributed by atoms with Gasteiger partial charge in [-0.3, -0.25) is 29.3 Å². The molecule has 0 bridgehead atoms. The standard InChI is InChI=1S/C52H68F3N7O8/c1-32(68-8)45-40(26-38(28-56-45)60-22-21-59-19-10-9-15-37(59)29-60)46-41(27-51(6,7)31-69-33(2)63)39-25-36(17-18-44(39)61(46)30-52(53,54)55)35-14-11-13-34(23-35)24-43(57-49(67)70-50(3,4)5)47(64)62-20-12-16-42(58-62)48(65)66/h11,13-14,17-18,23,25-26,28,32,37,42-43,58H,9-10,12,15-16,19-22,24,27,29-31H2,1-8H3,(H,57,67)(H,65,66)/t32?,37-,42+,43?/m1/s1. The summed E-state index contributed by atoms with van der Waals surface area (Å²) < 4.78 is 63.3. The first kappa shape index (κ1) is 52.1. The molecule has 18 heteroatoms. The minimum atomic E-state index is -4.62. The summed E-state index contributed by atoms with van der Waals surface area (Å²) in [6, 6.07) is 12.9. The molecule has 15 nitrogen and oxygen atoms in total. The normalized spacial score (nSPS) is 19.1. The van der Waals surface area contributed by atoms with Crippen molar-refractivity contribution in [3.8, 4) is 22.4 Å². The number of carbonyl (C=O) groups excluding carboxylic acids is 3. The van der Waals surface area contributed by atoms with Crippen LogP contribution in [0, 0.1) is 5.41 Å². The number of esters is 1. The molecule has 2 aromatic heterocycles. The van der Waals surface area contributed by atoms with Crippen LogP contribution in [0.1, 0.15) is 103 Å². The average molecular weight is 976 g/mol. The van der Waals surface area contributed by atoms with Gasteiger partial charge in [-0.15, -0.1) is 0 Å². The smallest absolute Gasteiger partial charge is 0.408 e. The lowest BCUT2D eigenvalue weighted by Crippen LogP contribution is -2.60. The lowest BCUT2D eigenvalue weighted by atomic mass is 9.84. The molecule has 0 saturated carbocycles. The number of carbonyl (C=O) groups is 4. The Balaban J connectivity index is 1.35. The van der Waals surface area contributed by atoms with Crippen molar-refractivity contribution in [1.82, 2.24) is 30.2 Å². The maximum atomic E-state index is 15.0. The van der Waals surface area contributed by atoms with E-state index in [1.807, 2.05) is 45.0 Å². The number of pyridine rings is 1. The van der Waals surface area contributed by atoms with Crippen LogP contribution in [0.25, 0.3) is 33.3 Å². The Kier molecular flexibility index (Phi) is 15.9. The molecule has 5 heterocycles. The van der Waals surface area contributed by atoms with Crippen LogP contribution in [-0.4, -0.2) is 125 Å². The van der Waals surface area contributed by atoms with Crippen LogP contribution < -0.4 is 15.6 Å². The van der Waals surface area contributed by atoms with Crippen molar-refractivity contribution in [3.63, 3.8) is 0 Å². The summed E-state index contributed by atoms with van der Waals surface area (Å²) in [5, 5.41) is 14.2. The second-order valence-electron chi connectivity index (χ2n) is 20.8. The number of carboxylic acids is 1. The summed E-state index contributed by atoms with van der Waals surface area (Å²) in [6.07, 6.45) is 0.175. The minimum absolute atomic E-state index is 0.00533. The molecule has 7 rings (SSSR count). The SMILES string of the molecule is COC(C)c1ncc(N2CCN3CCCC[C@@H]3C2)cc1-c1c(CC(C)(C)COC(C)=O)c2cc(-c3cccc(CC(NC(=O)OC(C)(C)C)C(=O)N4CCC[C@@H](C(=O)O)N4)c3)ccc2n1CC(F)(F)F. The van der Waals surface area contributed by atoms with Gasteiger partial charge in [0.2, 0.25) is 0 Å². The third kappa shape index (κ3) is 12.8. The summed E-state index contributed by atoms with van der Waals surface area (Å²) in [7, 11) is 1.55. The number of aromatic nitrogens is 2. The van der Waals surface area contributed by atoms with Crippen molar-refractivity contribution in [2.75, 3.05) is 51.3 Å². The van der Waals surface area contributed by atoms with E-state index in [1.54, 1.807) is 58.3 Å². The quantitative estimate of drug-likeness (QED) is 0.0975. The Bertz CT molecular complexity index is 2560. The van der Waals surface area contributed by atoms with Gasteiger partial charge < -0.3 is 34.1 Å². The van der Waals surface area contributed by atoms with E-state index in [4.69, 9.17) is 19.2 Å². The van der Waals surface area contributed by atoms with Crippen LogP contribution in [-0.2, 0) is 48.0 Å². The zero-order valence-electron chi connectivity index (χ0n) is 41.6. The van der Waals surface area contributed by atoms with Crippen LogP contribution in [0.2, 0.25) is 0 Å². The maximum absolute atomic E-state index is 15.0. The lowest BCUT2D eigenvalue weighted by molar-refractivity contribution is -0.148. The van der Waals surface area contributed by atoms with Gasteiger partial charge >= 0.3 is 24.2 Å². The number of methoxy groups -OCH3 is 1. The van der Waals surface area contributed by atoms with Crippen LogP contribution in [0.15, 0.2) is 54.7 Å². The number of hydrogen-bond acceptors (Lipinski definition) is 11. The van der Waals surface area contributed by atoms with Crippen molar-refractivity contribution in [2.24, 2.45) is 5.41 Å². The summed E-state index contributed by atoms with van der Waals surface area (Å²) in [5.41, 5.74) is 6.34. The molecule has 70 heavy (non-hydrogen) atoms. The number of nitrogens with zero attached hydrogens (tertiary/aromatic N) is 5. The van der Waals surface area contributed by atoms with E-state index in [0.717, 1.165) is 44.7 Å². The van der Waals surface area contributed by atoms with Gasteiger partial charge in [-0.2, -0.15) is 13.2 Å². The minimum Gasteiger partial charge on any atom is -0.480 e. The van der Waals surface area contributed by atoms with Gasteiger partial charge in [0.05, 0.1) is 36.0 Å². The molecule has 3 N–H and O–H groups in total. The number of alkyl carbamates (subject to hydrolysis) is 1. The number of anilines is 1. The van der Waals surface area contributed by atoms with Gasteiger partial charge in [0.25, 0.3) is 5.91 Å². The summed E-state index contributed by atoms with van der Waals surface area (Å²) in [4.78, 5) is 61.0. The first-order chi connectivity index (χ1) is 33.0. The van der Waals surface area contributed by atoms with E-state index in [-0.39, 0.29) is 26.0 Å². The van der Waals surface area contributed by atoms with E-state index in [0.29, 0.717) is 69.0 Å². The number of ether oxygens (including phenoxy) is 3. The zero-order valence-corrected chi connectivity index (χ0v) is 41.6. The molecule has 0 spiro atoms. The van der Waals surface area contributed by atoms with Gasteiger partial charge in [0, 0.05) is 74.6 Å². The van der Waals surface area contributed by atoms with Gasteiger partial charge in [-0.25, -0.2) is 10.2 Å². The predicted octanol–water partition coefficient (Wildman–Crippen LogP) is 8.46. The number of rotatable bonds is 15. The molecule has 3 saturated heterocycles. The largest absolute Gasteiger partial charge is 0.480 e. The molecule has 4 aromatic rings. The molecule has 4 atom stereocenters. The van der Waals surface area contributed by atoms with E-state index in [2.05, 4.69) is 20.5 Å². The summed E-state index contributed by atoms with van der Waals surface area (Å²) in [5.74, 6) is -2.11. The van der Waals surface area contributed by atoms with Crippen LogP contribution >= 0.6 is 0 Å². The van der Waals surface area contributed by atoms with E-state index in [1.165, 1.54) is 22.9 Å². The van der Waals surface area contributed by atoms with Gasteiger partial charge in [-0.1, -0.05) is 50.6 Å². The first-order valence-electron chi connectivity index (χ1n) is 24.3. The molecule has 2 amide bonds. The number of piperidine rings is 1. The van der Waals surface area contributed by atoms with Crippen molar-refractivity contribution in [1.29, 1.82) is 0 Å². The highest BCUT2D eigenvalue weighted by Gasteiger charge is 2.37. The van der Waals surface area contributed by atoms with Gasteiger partial charge in [0.15, 0.2) is 0 Å². The fourth-order valence-corrected chi connectivity index (χ4v) is 9.99. The molecular formula is C52H68F3N7O8. The summed E-state index contributed by atoms with van der Waals surface area (Å²) >= 11 is 0. The van der Waals surface area contributed by atoms with Crippen molar-refractivity contribution < 1.29 is 51.7 Å². The Morgan fingerprint density at radius 2 is 1.70 bits per heavy atom. The predicted molar refractivity (Wildman–Crippen MR) is 260 cm³/mol. The number of hydrazine groups is 1. The first-order valence-corrected chi connectivity index (χ1v) is 24.3. The number of alkyl halides is 3. The number of aliphatic carboxylic acids is 1. The third-order valence-corrected chi connectivity index (χ3v) is 13.4. The number of nitrogens with one attached hydrogen (secondary N) is 2. The van der Waals surface area contributed by atoms with Crippen molar-refractivity contribution in [3.05, 3.63) is 71.5 Å².